The second-order valence-electron chi connectivity index (χ2n) is 4.57. The van der Waals surface area contributed by atoms with Crippen LogP contribution in [0.2, 0.25) is 0 Å². The Kier molecular flexibility index (Phi) is 6.17. The molecule has 2 aromatic rings. The van der Waals surface area contributed by atoms with Gasteiger partial charge in [0.25, 0.3) is 5.91 Å². The first-order valence-electron chi connectivity index (χ1n) is 7.06. The van der Waals surface area contributed by atoms with Crippen LogP contribution in [0.25, 0.3) is 0 Å². The molecule has 23 heavy (non-hydrogen) atoms. The molecule has 0 saturated carbocycles. The molecule has 0 spiro atoms. The van der Waals surface area contributed by atoms with Crippen molar-refractivity contribution in [3.63, 3.8) is 0 Å². The maximum absolute atomic E-state index is 11.9. The molecule has 0 fully saturated rings. The molecule has 1 amide bonds. The molecular formula is C17H16BrNO4. The lowest BCUT2D eigenvalue weighted by atomic mass is 10.2. The number of carbonyl (C=O) groups is 2. The first kappa shape index (κ1) is 17.0. The van der Waals surface area contributed by atoms with Crippen molar-refractivity contribution in [2.45, 2.75) is 6.92 Å². The zero-order valence-corrected chi connectivity index (χ0v) is 14.1. The lowest BCUT2D eigenvalue weighted by Gasteiger charge is -2.07. The van der Waals surface area contributed by atoms with Crippen LogP contribution in [-0.2, 0) is 9.53 Å². The van der Waals surface area contributed by atoms with Crippen molar-refractivity contribution < 1.29 is 19.1 Å². The number of hydrogen-bond donors (Lipinski definition) is 1. The van der Waals surface area contributed by atoms with Crippen molar-refractivity contribution in [3.05, 3.63) is 58.6 Å². The minimum atomic E-state index is -0.462. The topological polar surface area (TPSA) is 64.6 Å². The molecular weight excluding hydrogens is 362 g/mol. The third kappa shape index (κ3) is 5.41. The number of benzene rings is 2. The van der Waals surface area contributed by atoms with Gasteiger partial charge in [0.15, 0.2) is 0 Å². The van der Waals surface area contributed by atoms with Crippen molar-refractivity contribution in [2.75, 3.05) is 13.2 Å². The van der Waals surface area contributed by atoms with Crippen LogP contribution in [0, 0.1) is 0 Å². The summed E-state index contributed by atoms with van der Waals surface area (Å²) in [7, 11) is 0. The molecule has 1 N–H and O–H groups in total. The summed E-state index contributed by atoms with van der Waals surface area (Å²) in [5.74, 6) is 0.520. The van der Waals surface area contributed by atoms with Gasteiger partial charge in [-0.3, -0.25) is 9.59 Å². The molecule has 6 heteroatoms. The molecule has 2 aromatic carbocycles. The number of amides is 1. The van der Waals surface area contributed by atoms with E-state index < -0.39 is 5.97 Å². The molecule has 0 aliphatic heterocycles. The van der Waals surface area contributed by atoms with Gasteiger partial charge >= 0.3 is 5.97 Å². The van der Waals surface area contributed by atoms with E-state index in [1.54, 1.807) is 31.2 Å². The van der Waals surface area contributed by atoms with Crippen molar-refractivity contribution in [1.29, 1.82) is 0 Å². The van der Waals surface area contributed by atoms with Gasteiger partial charge < -0.3 is 14.8 Å². The molecule has 0 bridgehead atoms. The molecule has 0 atom stereocenters. The van der Waals surface area contributed by atoms with E-state index in [9.17, 15) is 9.59 Å². The fourth-order valence-corrected chi connectivity index (χ4v) is 2.04. The van der Waals surface area contributed by atoms with E-state index in [2.05, 4.69) is 21.2 Å². The molecule has 5 nitrogen and oxygen atoms in total. The van der Waals surface area contributed by atoms with Crippen LogP contribution in [-0.4, -0.2) is 25.0 Å². The van der Waals surface area contributed by atoms with Gasteiger partial charge in [-0.1, -0.05) is 15.9 Å². The fourth-order valence-electron chi connectivity index (χ4n) is 1.78. The summed E-state index contributed by atoms with van der Waals surface area (Å²) in [5, 5.41) is 2.50. The summed E-state index contributed by atoms with van der Waals surface area (Å²) in [6.45, 7) is 1.85. The molecule has 0 aromatic heterocycles. The van der Waals surface area contributed by atoms with Gasteiger partial charge in [0.2, 0.25) is 0 Å². The monoisotopic (exact) mass is 377 g/mol. The number of nitrogens with one attached hydrogen (secondary N) is 1. The molecule has 0 aliphatic rings. The Morgan fingerprint density at radius 2 is 1.57 bits per heavy atom. The molecule has 0 saturated heterocycles. The van der Waals surface area contributed by atoms with Crippen LogP contribution in [0.1, 0.15) is 17.3 Å². The Balaban J connectivity index is 1.92. The highest BCUT2D eigenvalue weighted by Crippen LogP contribution is 2.23. The summed E-state index contributed by atoms with van der Waals surface area (Å²) in [5.41, 5.74) is 0.442. The van der Waals surface area contributed by atoms with E-state index in [-0.39, 0.29) is 19.1 Å². The van der Waals surface area contributed by atoms with Gasteiger partial charge in [-0.15, -0.1) is 0 Å². The number of hydrogen-bond acceptors (Lipinski definition) is 4. The molecule has 0 radical (unpaired) electrons. The second-order valence-corrected chi connectivity index (χ2v) is 5.48. The maximum atomic E-state index is 11.9. The zero-order chi connectivity index (χ0) is 16.7. The Morgan fingerprint density at radius 3 is 2.13 bits per heavy atom. The number of rotatable bonds is 6. The highest BCUT2D eigenvalue weighted by atomic mass is 79.9. The van der Waals surface area contributed by atoms with Crippen LogP contribution < -0.4 is 10.1 Å². The van der Waals surface area contributed by atoms with E-state index >= 15 is 0 Å². The smallest absolute Gasteiger partial charge is 0.325 e. The lowest BCUT2D eigenvalue weighted by molar-refractivity contribution is -0.141. The van der Waals surface area contributed by atoms with Crippen LogP contribution in [0.15, 0.2) is 53.0 Å². The van der Waals surface area contributed by atoms with Crippen LogP contribution >= 0.6 is 15.9 Å². The molecule has 0 heterocycles. The minimum absolute atomic E-state index is 0.149. The van der Waals surface area contributed by atoms with Crippen molar-refractivity contribution in [3.8, 4) is 11.5 Å². The van der Waals surface area contributed by atoms with Crippen LogP contribution in [0.3, 0.4) is 0 Å². The van der Waals surface area contributed by atoms with E-state index in [1.165, 1.54) is 0 Å². The quantitative estimate of drug-likeness (QED) is 0.782. The van der Waals surface area contributed by atoms with Crippen molar-refractivity contribution in [2.24, 2.45) is 0 Å². The Hall–Kier alpha value is -2.34. The summed E-state index contributed by atoms with van der Waals surface area (Å²) in [6.07, 6.45) is 0. The van der Waals surface area contributed by atoms with Crippen LogP contribution in [0.5, 0.6) is 11.5 Å². The molecule has 0 unspecified atom stereocenters. The average Bonchev–Trinajstić information content (AvgIpc) is 2.56. The summed E-state index contributed by atoms with van der Waals surface area (Å²) in [4.78, 5) is 23.1. The largest absolute Gasteiger partial charge is 0.465 e. The average molecular weight is 378 g/mol. The zero-order valence-electron chi connectivity index (χ0n) is 12.5. The van der Waals surface area contributed by atoms with E-state index in [4.69, 9.17) is 9.47 Å². The molecule has 2 rings (SSSR count). The number of halogens is 1. The van der Waals surface area contributed by atoms with Crippen LogP contribution in [0.4, 0.5) is 0 Å². The van der Waals surface area contributed by atoms with Crippen molar-refractivity contribution in [1.82, 2.24) is 5.32 Å². The number of carbonyl (C=O) groups excluding carboxylic acids is 2. The Morgan fingerprint density at radius 1 is 1.00 bits per heavy atom. The van der Waals surface area contributed by atoms with Gasteiger partial charge in [0, 0.05) is 10.0 Å². The number of esters is 1. The third-order valence-corrected chi connectivity index (χ3v) is 3.39. The first-order chi connectivity index (χ1) is 11.1. The lowest BCUT2D eigenvalue weighted by Crippen LogP contribution is -2.30. The summed E-state index contributed by atoms with van der Waals surface area (Å²) >= 11 is 3.36. The van der Waals surface area contributed by atoms with Gasteiger partial charge in [-0.25, -0.2) is 0 Å². The summed E-state index contributed by atoms with van der Waals surface area (Å²) in [6, 6.07) is 14.1. The molecule has 0 aliphatic carbocycles. The summed E-state index contributed by atoms with van der Waals surface area (Å²) < 4.78 is 11.4. The van der Waals surface area contributed by atoms with Gasteiger partial charge in [-0.05, 0) is 55.5 Å². The number of ether oxygens (including phenoxy) is 2. The third-order valence-electron chi connectivity index (χ3n) is 2.86. The highest BCUT2D eigenvalue weighted by molar-refractivity contribution is 9.10. The predicted molar refractivity (Wildman–Crippen MR) is 89.6 cm³/mol. The predicted octanol–water partition coefficient (Wildman–Crippen LogP) is 3.53. The van der Waals surface area contributed by atoms with E-state index in [0.717, 1.165) is 4.47 Å². The highest BCUT2D eigenvalue weighted by Gasteiger charge is 2.08. The van der Waals surface area contributed by atoms with E-state index in [0.29, 0.717) is 17.1 Å². The van der Waals surface area contributed by atoms with Gasteiger partial charge in [0.05, 0.1) is 6.61 Å². The Labute approximate surface area is 142 Å². The fraction of sp³-hybridized carbons (Fsp3) is 0.176. The maximum Gasteiger partial charge on any atom is 0.325 e. The minimum Gasteiger partial charge on any atom is -0.465 e. The Bertz CT molecular complexity index is 668. The van der Waals surface area contributed by atoms with E-state index in [1.807, 2.05) is 24.3 Å². The SMILES string of the molecule is CCOC(=O)CNC(=O)c1ccc(Oc2ccc(Br)cc2)cc1. The standard InChI is InChI=1S/C17H16BrNO4/c1-2-22-16(20)11-19-17(21)12-3-7-14(8-4-12)23-15-9-5-13(18)6-10-15/h3-10H,2,11H2,1H3,(H,19,21). The molecule has 120 valence electrons. The van der Waals surface area contributed by atoms with Gasteiger partial charge in [-0.2, -0.15) is 0 Å². The van der Waals surface area contributed by atoms with Crippen molar-refractivity contribution >= 4 is 27.8 Å². The normalized spacial score (nSPS) is 10.0. The first-order valence-corrected chi connectivity index (χ1v) is 7.85. The van der Waals surface area contributed by atoms with Gasteiger partial charge in [0.1, 0.15) is 18.0 Å². The second kappa shape index (κ2) is 8.33.